The van der Waals surface area contributed by atoms with E-state index in [-0.39, 0.29) is 12.3 Å². The van der Waals surface area contributed by atoms with Crippen LogP contribution >= 0.6 is 0 Å². The molecular formula is C29H40N4O3. The highest BCUT2D eigenvalue weighted by Crippen LogP contribution is 2.33. The van der Waals surface area contributed by atoms with Crippen LogP contribution in [0.15, 0.2) is 36.4 Å². The Balaban J connectivity index is 1.21. The van der Waals surface area contributed by atoms with Crippen molar-refractivity contribution in [3.63, 3.8) is 0 Å². The maximum Gasteiger partial charge on any atom is 0.129 e. The Kier molecular flexibility index (Phi) is 7.77. The van der Waals surface area contributed by atoms with Gasteiger partial charge in [-0.3, -0.25) is 0 Å². The SMILES string of the molecule is C[N+]1(C[C@@H](CC(=O)[O-])c2cccc(N3CCOCC3)c2)CC[C@@H](CCc2ccc3c(n2)NCCC3)C1. The molecule has 2 saturated heterocycles. The number of aryl methyl sites for hydroxylation is 2. The summed E-state index contributed by atoms with van der Waals surface area (Å²) in [4.78, 5) is 18.9. The number of fused-ring (bicyclic) bond motifs is 1. The lowest BCUT2D eigenvalue weighted by atomic mass is 9.93. The van der Waals surface area contributed by atoms with Gasteiger partial charge in [-0.05, 0) is 61.4 Å². The number of aliphatic carboxylic acids is 1. The second-order valence-electron chi connectivity index (χ2n) is 11.2. The van der Waals surface area contributed by atoms with Crippen molar-refractivity contribution in [1.82, 2.24) is 4.98 Å². The van der Waals surface area contributed by atoms with Crippen molar-refractivity contribution in [2.75, 3.05) is 69.7 Å². The molecule has 0 aliphatic carbocycles. The van der Waals surface area contributed by atoms with Crippen LogP contribution < -0.4 is 15.3 Å². The molecule has 0 spiro atoms. The van der Waals surface area contributed by atoms with Crippen LogP contribution in [0.1, 0.15) is 48.4 Å². The Hall–Kier alpha value is -2.64. The van der Waals surface area contributed by atoms with Crippen molar-refractivity contribution < 1.29 is 19.1 Å². The Morgan fingerprint density at radius 2 is 2.14 bits per heavy atom. The van der Waals surface area contributed by atoms with E-state index in [1.807, 2.05) is 0 Å². The molecule has 1 aromatic carbocycles. The van der Waals surface area contributed by atoms with Crippen LogP contribution in [0.3, 0.4) is 0 Å². The smallest absolute Gasteiger partial charge is 0.129 e. The molecule has 36 heavy (non-hydrogen) atoms. The van der Waals surface area contributed by atoms with E-state index < -0.39 is 5.97 Å². The van der Waals surface area contributed by atoms with Gasteiger partial charge in [0.15, 0.2) is 0 Å². The van der Waals surface area contributed by atoms with E-state index in [1.54, 1.807) is 0 Å². The molecule has 0 saturated carbocycles. The van der Waals surface area contributed by atoms with Gasteiger partial charge < -0.3 is 29.3 Å². The molecule has 3 atom stereocenters. The summed E-state index contributed by atoms with van der Waals surface area (Å²) in [5, 5.41) is 15.2. The Labute approximate surface area is 215 Å². The molecule has 1 unspecified atom stereocenters. The lowest BCUT2D eigenvalue weighted by Gasteiger charge is -2.35. The van der Waals surface area contributed by atoms with Gasteiger partial charge >= 0.3 is 0 Å². The van der Waals surface area contributed by atoms with Crippen LogP contribution in [-0.2, 0) is 22.4 Å². The first-order valence-corrected chi connectivity index (χ1v) is 13.7. The van der Waals surface area contributed by atoms with Crippen LogP contribution in [0.5, 0.6) is 0 Å². The van der Waals surface area contributed by atoms with E-state index in [2.05, 4.69) is 53.7 Å². The highest BCUT2D eigenvalue weighted by molar-refractivity contribution is 5.66. The summed E-state index contributed by atoms with van der Waals surface area (Å²) in [6.45, 7) is 7.26. The Morgan fingerprint density at radius 1 is 1.28 bits per heavy atom. The van der Waals surface area contributed by atoms with Crippen molar-refractivity contribution in [1.29, 1.82) is 0 Å². The maximum atomic E-state index is 11.7. The summed E-state index contributed by atoms with van der Waals surface area (Å²) in [5.74, 6) is 0.707. The van der Waals surface area contributed by atoms with Crippen LogP contribution in [0.4, 0.5) is 11.5 Å². The van der Waals surface area contributed by atoms with Gasteiger partial charge in [-0.1, -0.05) is 18.2 Å². The van der Waals surface area contributed by atoms with Crippen LogP contribution in [-0.4, -0.2) is 75.0 Å². The van der Waals surface area contributed by atoms with Gasteiger partial charge in [0.25, 0.3) is 0 Å². The van der Waals surface area contributed by atoms with Gasteiger partial charge in [0, 0.05) is 55.2 Å². The summed E-state index contributed by atoms with van der Waals surface area (Å²) < 4.78 is 6.42. The molecule has 7 heteroatoms. The topological polar surface area (TPSA) is 77.5 Å². The normalized spacial score (nSPS) is 24.7. The summed E-state index contributed by atoms with van der Waals surface area (Å²) in [6, 6.07) is 12.9. The van der Waals surface area contributed by atoms with Gasteiger partial charge in [-0.2, -0.15) is 0 Å². The zero-order chi connectivity index (χ0) is 25.0. The molecule has 7 nitrogen and oxygen atoms in total. The average Bonchev–Trinajstić information content (AvgIpc) is 3.28. The van der Waals surface area contributed by atoms with Crippen LogP contribution in [0.2, 0.25) is 0 Å². The quantitative estimate of drug-likeness (QED) is 0.543. The number of aromatic nitrogens is 1. The number of hydrogen-bond donors (Lipinski definition) is 1. The van der Waals surface area contributed by atoms with Crippen molar-refractivity contribution in [3.8, 4) is 0 Å². The Bertz CT molecular complexity index is 1050. The van der Waals surface area contributed by atoms with Gasteiger partial charge in [-0.15, -0.1) is 0 Å². The molecule has 1 N–H and O–H groups in total. The number of ether oxygens (including phenoxy) is 1. The second kappa shape index (κ2) is 11.2. The number of nitrogens with zero attached hydrogens (tertiary/aromatic N) is 3. The third-order valence-corrected chi connectivity index (χ3v) is 8.33. The van der Waals surface area contributed by atoms with E-state index in [9.17, 15) is 9.90 Å². The molecular weight excluding hydrogens is 452 g/mol. The number of carboxylic acid groups (broad SMARTS) is 1. The fourth-order valence-corrected chi connectivity index (χ4v) is 6.38. The molecule has 2 fully saturated rings. The maximum absolute atomic E-state index is 11.7. The number of carboxylic acids is 1. The molecule has 4 heterocycles. The largest absolute Gasteiger partial charge is 0.550 e. The summed E-state index contributed by atoms with van der Waals surface area (Å²) in [7, 11) is 2.30. The van der Waals surface area contributed by atoms with Crippen molar-refractivity contribution in [2.45, 2.75) is 44.4 Å². The van der Waals surface area contributed by atoms with Crippen LogP contribution in [0, 0.1) is 5.92 Å². The highest BCUT2D eigenvalue weighted by Gasteiger charge is 2.36. The predicted octanol–water partition coefficient (Wildman–Crippen LogP) is 2.60. The van der Waals surface area contributed by atoms with Gasteiger partial charge in [-0.25, -0.2) is 4.98 Å². The zero-order valence-electron chi connectivity index (χ0n) is 21.6. The van der Waals surface area contributed by atoms with Crippen molar-refractivity contribution in [2.24, 2.45) is 5.92 Å². The summed E-state index contributed by atoms with van der Waals surface area (Å²) in [5.41, 5.74) is 4.79. The number of anilines is 2. The van der Waals surface area contributed by atoms with E-state index in [4.69, 9.17) is 9.72 Å². The molecule has 0 amide bonds. The monoisotopic (exact) mass is 492 g/mol. The molecule has 0 bridgehead atoms. The Morgan fingerprint density at radius 3 is 2.97 bits per heavy atom. The number of nitrogens with one attached hydrogen (secondary N) is 1. The van der Waals surface area contributed by atoms with E-state index >= 15 is 0 Å². The minimum absolute atomic E-state index is 0.0480. The number of likely N-dealkylation sites (N-methyl/N-ethyl adjacent to an activating group) is 1. The number of hydrogen-bond acceptors (Lipinski definition) is 6. The molecule has 5 rings (SSSR count). The highest BCUT2D eigenvalue weighted by atomic mass is 16.5. The third kappa shape index (κ3) is 6.19. The van der Waals surface area contributed by atoms with Gasteiger partial charge in [0.05, 0.1) is 39.9 Å². The molecule has 3 aliphatic heterocycles. The number of rotatable bonds is 9. The number of quaternary nitrogens is 1. The fourth-order valence-electron chi connectivity index (χ4n) is 6.38. The lowest BCUT2D eigenvalue weighted by Crippen LogP contribution is -2.45. The number of carbonyl (C=O) groups is 1. The minimum Gasteiger partial charge on any atom is -0.550 e. The van der Waals surface area contributed by atoms with E-state index in [0.717, 1.165) is 93.3 Å². The second-order valence-corrected chi connectivity index (χ2v) is 11.2. The molecule has 3 aliphatic rings. The first kappa shape index (κ1) is 25.0. The van der Waals surface area contributed by atoms with E-state index in [1.165, 1.54) is 24.1 Å². The van der Waals surface area contributed by atoms with Crippen molar-refractivity contribution >= 4 is 17.5 Å². The molecule has 1 aromatic heterocycles. The van der Waals surface area contributed by atoms with Crippen LogP contribution in [0.25, 0.3) is 0 Å². The zero-order valence-corrected chi connectivity index (χ0v) is 21.6. The first-order chi connectivity index (χ1) is 17.5. The van der Waals surface area contributed by atoms with Crippen molar-refractivity contribution in [3.05, 3.63) is 53.2 Å². The van der Waals surface area contributed by atoms with Gasteiger partial charge in [0.1, 0.15) is 5.82 Å². The number of benzene rings is 1. The predicted molar refractivity (Wildman–Crippen MR) is 140 cm³/mol. The number of carbonyl (C=O) groups excluding carboxylic acids is 1. The minimum atomic E-state index is -0.966. The standard InChI is InChI=1S/C29H40N4O3/c1-33(15-11-22(20-33)7-9-26-10-8-23-5-3-12-30-29(23)31-26)21-25(19-28(34)35)24-4-2-6-27(18-24)32-13-16-36-17-14-32/h2,4,6,8,10,18,22,25H,3,5,7,9,11-17,19-21H2,1H3,(H-,30,31,34,35)/t22-,25-,33?/m1/s1. The number of pyridine rings is 1. The lowest BCUT2D eigenvalue weighted by molar-refractivity contribution is -0.900. The molecule has 2 aromatic rings. The molecule has 0 radical (unpaired) electrons. The number of morpholine rings is 1. The first-order valence-electron chi connectivity index (χ1n) is 13.7. The summed E-state index contributed by atoms with van der Waals surface area (Å²) in [6.07, 6.45) is 5.70. The summed E-state index contributed by atoms with van der Waals surface area (Å²) >= 11 is 0. The molecule has 194 valence electrons. The third-order valence-electron chi connectivity index (χ3n) is 8.33. The van der Waals surface area contributed by atoms with E-state index in [0.29, 0.717) is 5.92 Å². The number of likely N-dealkylation sites (tertiary alicyclic amines) is 1. The fraction of sp³-hybridized carbons (Fsp3) is 0.586. The average molecular weight is 493 g/mol. The van der Waals surface area contributed by atoms with Gasteiger partial charge in [0.2, 0.25) is 0 Å².